The van der Waals surface area contributed by atoms with E-state index in [0.717, 1.165) is 0 Å². The van der Waals surface area contributed by atoms with Gasteiger partial charge in [0.1, 0.15) is 0 Å². The van der Waals surface area contributed by atoms with Crippen molar-refractivity contribution in [1.82, 2.24) is 10.1 Å². The number of carboxylic acids is 1. The Balaban J connectivity index is 2.08. The molecule has 0 aliphatic carbocycles. The van der Waals surface area contributed by atoms with Crippen molar-refractivity contribution in [3.8, 4) is 0 Å². The van der Waals surface area contributed by atoms with E-state index in [1.807, 2.05) is 13.0 Å². The van der Waals surface area contributed by atoms with Crippen molar-refractivity contribution in [2.45, 2.75) is 24.0 Å². The molecule has 0 bridgehead atoms. The third kappa shape index (κ3) is 2.89. The minimum atomic E-state index is -0.930. The highest BCUT2D eigenvalue weighted by Crippen LogP contribution is 2.25. The van der Waals surface area contributed by atoms with E-state index in [9.17, 15) is 4.79 Å². The molecule has 0 amide bonds. The average molecular weight is 264 g/mol. The highest BCUT2D eigenvalue weighted by atomic mass is 32.2. The fraction of sp³-hybridized carbons (Fsp3) is 0.250. The maximum atomic E-state index is 11.0. The van der Waals surface area contributed by atoms with Crippen molar-refractivity contribution in [1.29, 1.82) is 0 Å². The van der Waals surface area contributed by atoms with E-state index in [1.165, 1.54) is 11.8 Å². The molecule has 2 aromatic rings. The molecule has 0 unspecified atom stereocenters. The van der Waals surface area contributed by atoms with Gasteiger partial charge in [-0.1, -0.05) is 24.2 Å². The van der Waals surface area contributed by atoms with E-state index in [-0.39, 0.29) is 0 Å². The number of nitrogens with zero attached hydrogens (tertiary/aromatic N) is 2. The number of thioether (sulfide) groups is 1. The van der Waals surface area contributed by atoms with Crippen LogP contribution in [0.15, 0.2) is 33.7 Å². The number of rotatable bonds is 5. The molecular formula is C12H12N2O3S. The summed E-state index contributed by atoms with van der Waals surface area (Å²) in [6.45, 7) is 1.93. The van der Waals surface area contributed by atoms with Crippen molar-refractivity contribution in [2.75, 3.05) is 0 Å². The Labute approximate surface area is 108 Å². The maximum Gasteiger partial charge on any atom is 0.336 e. The van der Waals surface area contributed by atoms with Crippen molar-refractivity contribution in [3.63, 3.8) is 0 Å². The predicted octanol–water partition coefficient (Wildman–Crippen LogP) is 2.62. The van der Waals surface area contributed by atoms with Gasteiger partial charge in [-0.15, -0.1) is 11.8 Å². The number of carboxylic acid groups (broad SMARTS) is 1. The van der Waals surface area contributed by atoms with E-state index in [0.29, 0.717) is 34.3 Å². The van der Waals surface area contributed by atoms with Gasteiger partial charge in [0, 0.05) is 11.3 Å². The Bertz CT molecular complexity index is 554. The van der Waals surface area contributed by atoms with Gasteiger partial charge >= 0.3 is 5.97 Å². The van der Waals surface area contributed by atoms with Crippen LogP contribution in [0.4, 0.5) is 0 Å². The van der Waals surface area contributed by atoms with Crippen LogP contribution in [-0.2, 0) is 12.2 Å². The SMILES string of the molecule is CCc1nc(CSc2ccccc2C(=O)O)no1. The van der Waals surface area contributed by atoms with Gasteiger partial charge < -0.3 is 9.63 Å². The van der Waals surface area contributed by atoms with Crippen molar-refractivity contribution < 1.29 is 14.4 Å². The molecule has 0 radical (unpaired) electrons. The maximum absolute atomic E-state index is 11.0. The van der Waals surface area contributed by atoms with Crippen LogP contribution in [0.3, 0.4) is 0 Å². The second kappa shape index (κ2) is 5.68. The van der Waals surface area contributed by atoms with Crippen molar-refractivity contribution in [2.24, 2.45) is 0 Å². The molecule has 0 fully saturated rings. The normalized spacial score (nSPS) is 10.5. The van der Waals surface area contributed by atoms with Gasteiger partial charge in [0.2, 0.25) is 5.89 Å². The summed E-state index contributed by atoms with van der Waals surface area (Å²) < 4.78 is 4.99. The fourth-order valence-corrected chi connectivity index (χ4v) is 2.29. The van der Waals surface area contributed by atoms with Crippen LogP contribution in [0.2, 0.25) is 0 Å². The number of benzene rings is 1. The molecule has 0 atom stereocenters. The summed E-state index contributed by atoms with van der Waals surface area (Å²) in [5.41, 5.74) is 0.293. The first-order chi connectivity index (χ1) is 8.70. The summed E-state index contributed by atoms with van der Waals surface area (Å²) >= 11 is 1.39. The zero-order chi connectivity index (χ0) is 13.0. The minimum Gasteiger partial charge on any atom is -0.478 e. The molecule has 1 aromatic carbocycles. The van der Waals surface area contributed by atoms with Crippen LogP contribution >= 0.6 is 11.8 Å². The molecule has 6 heteroatoms. The average Bonchev–Trinajstić information content (AvgIpc) is 2.84. The van der Waals surface area contributed by atoms with Gasteiger partial charge in [-0.2, -0.15) is 4.98 Å². The van der Waals surface area contributed by atoms with E-state index in [2.05, 4.69) is 10.1 Å². The highest BCUT2D eigenvalue weighted by Gasteiger charge is 2.11. The van der Waals surface area contributed by atoms with Crippen LogP contribution in [0.1, 0.15) is 29.0 Å². The number of hydrogen-bond donors (Lipinski definition) is 1. The molecule has 18 heavy (non-hydrogen) atoms. The Morgan fingerprint density at radius 3 is 2.89 bits per heavy atom. The Morgan fingerprint density at radius 1 is 1.44 bits per heavy atom. The highest BCUT2D eigenvalue weighted by molar-refractivity contribution is 7.98. The standard InChI is InChI=1S/C12H12N2O3S/c1-2-11-13-10(14-17-11)7-18-9-6-4-3-5-8(9)12(15)16/h3-6H,2,7H2,1H3,(H,15,16). The molecule has 0 saturated carbocycles. The van der Waals surface area contributed by atoms with Crippen molar-refractivity contribution >= 4 is 17.7 Å². The van der Waals surface area contributed by atoms with Crippen LogP contribution in [-0.4, -0.2) is 21.2 Å². The fourth-order valence-electron chi connectivity index (χ4n) is 1.40. The topological polar surface area (TPSA) is 76.2 Å². The zero-order valence-electron chi connectivity index (χ0n) is 9.79. The molecule has 1 heterocycles. The van der Waals surface area contributed by atoms with Gasteiger partial charge in [0.25, 0.3) is 0 Å². The molecule has 0 aliphatic heterocycles. The third-order valence-electron chi connectivity index (χ3n) is 2.29. The second-order valence-electron chi connectivity index (χ2n) is 3.55. The second-order valence-corrected chi connectivity index (χ2v) is 4.57. The molecule has 0 aliphatic rings. The van der Waals surface area contributed by atoms with Crippen LogP contribution in [0.25, 0.3) is 0 Å². The summed E-state index contributed by atoms with van der Waals surface area (Å²) in [7, 11) is 0. The lowest BCUT2D eigenvalue weighted by Crippen LogP contribution is -1.98. The quantitative estimate of drug-likeness (QED) is 0.836. The summed E-state index contributed by atoms with van der Waals surface area (Å²) in [5, 5.41) is 12.9. The molecule has 1 aromatic heterocycles. The van der Waals surface area contributed by atoms with E-state index >= 15 is 0 Å². The van der Waals surface area contributed by atoms with E-state index in [4.69, 9.17) is 9.63 Å². The monoisotopic (exact) mass is 264 g/mol. The molecule has 0 spiro atoms. The number of aromatic nitrogens is 2. The molecule has 0 saturated heterocycles. The third-order valence-corrected chi connectivity index (χ3v) is 3.36. The summed E-state index contributed by atoms with van der Waals surface area (Å²) in [6, 6.07) is 6.87. The first kappa shape index (κ1) is 12.6. The summed E-state index contributed by atoms with van der Waals surface area (Å²) in [6.07, 6.45) is 0.698. The Kier molecular flexibility index (Phi) is 3.99. The van der Waals surface area contributed by atoms with Crippen LogP contribution in [0.5, 0.6) is 0 Å². The lowest BCUT2D eigenvalue weighted by atomic mass is 10.2. The lowest BCUT2D eigenvalue weighted by molar-refractivity contribution is 0.0693. The minimum absolute atomic E-state index is 0.293. The van der Waals surface area contributed by atoms with Gasteiger partial charge in [-0.25, -0.2) is 4.79 Å². The Morgan fingerprint density at radius 2 is 2.22 bits per heavy atom. The molecular weight excluding hydrogens is 252 g/mol. The molecule has 94 valence electrons. The smallest absolute Gasteiger partial charge is 0.336 e. The van der Waals surface area contributed by atoms with Crippen molar-refractivity contribution in [3.05, 3.63) is 41.5 Å². The number of carbonyl (C=O) groups is 1. The number of aryl methyl sites for hydroxylation is 1. The summed E-state index contributed by atoms with van der Waals surface area (Å²) in [5.74, 6) is 0.739. The molecule has 5 nitrogen and oxygen atoms in total. The molecule has 1 N–H and O–H groups in total. The van der Waals surface area contributed by atoms with Gasteiger partial charge in [-0.3, -0.25) is 0 Å². The number of hydrogen-bond acceptors (Lipinski definition) is 5. The van der Waals surface area contributed by atoms with Crippen LogP contribution < -0.4 is 0 Å². The largest absolute Gasteiger partial charge is 0.478 e. The van der Waals surface area contributed by atoms with E-state index in [1.54, 1.807) is 18.2 Å². The lowest BCUT2D eigenvalue weighted by Gasteiger charge is -2.02. The van der Waals surface area contributed by atoms with Gasteiger partial charge in [0.05, 0.1) is 11.3 Å². The summed E-state index contributed by atoms with van der Waals surface area (Å²) in [4.78, 5) is 15.9. The van der Waals surface area contributed by atoms with E-state index < -0.39 is 5.97 Å². The molecule has 2 rings (SSSR count). The van der Waals surface area contributed by atoms with Crippen LogP contribution in [0, 0.1) is 0 Å². The Hall–Kier alpha value is -1.82. The first-order valence-corrected chi connectivity index (χ1v) is 6.46. The number of aromatic carboxylic acids is 1. The van der Waals surface area contributed by atoms with Gasteiger partial charge in [-0.05, 0) is 12.1 Å². The first-order valence-electron chi connectivity index (χ1n) is 5.47. The predicted molar refractivity (Wildman–Crippen MR) is 66.6 cm³/mol. The zero-order valence-corrected chi connectivity index (χ0v) is 10.6. The van der Waals surface area contributed by atoms with Gasteiger partial charge in [0.15, 0.2) is 5.82 Å².